The third kappa shape index (κ3) is 5.32. The lowest BCUT2D eigenvalue weighted by Gasteiger charge is -2.16. The van der Waals surface area contributed by atoms with Gasteiger partial charge in [-0.3, -0.25) is 4.79 Å². The van der Waals surface area contributed by atoms with E-state index < -0.39 is 11.9 Å². The minimum atomic E-state index is -0.518. The molecule has 7 nitrogen and oxygen atoms in total. The first-order valence-electron chi connectivity index (χ1n) is 9.29. The number of carbonyl (C=O) groups excluding carboxylic acids is 2. The van der Waals surface area contributed by atoms with E-state index in [-0.39, 0.29) is 11.7 Å². The van der Waals surface area contributed by atoms with E-state index in [9.17, 15) is 14.0 Å². The Morgan fingerprint density at radius 3 is 2.89 bits per heavy atom. The van der Waals surface area contributed by atoms with E-state index in [2.05, 4.69) is 10.3 Å². The number of nitrogens with two attached hydrogens (primary N) is 1. The molecule has 0 spiro atoms. The number of amides is 2. The quantitative estimate of drug-likeness (QED) is 0.557. The molecule has 150 valence electrons. The number of likely N-dealkylation sites (tertiary alicyclic amines) is 1. The van der Waals surface area contributed by atoms with Crippen LogP contribution in [0.4, 0.5) is 9.18 Å². The topological polar surface area (TPSA) is 97.0 Å². The van der Waals surface area contributed by atoms with Gasteiger partial charge in [-0.15, -0.1) is 0 Å². The van der Waals surface area contributed by atoms with Crippen molar-refractivity contribution in [2.45, 2.75) is 25.7 Å². The summed E-state index contributed by atoms with van der Waals surface area (Å²) in [7, 11) is 0. The zero-order valence-corrected chi connectivity index (χ0v) is 16.3. The van der Waals surface area contributed by atoms with Crippen molar-refractivity contribution in [1.82, 2.24) is 10.2 Å². The first-order chi connectivity index (χ1) is 13.6. The highest BCUT2D eigenvalue weighted by Crippen LogP contribution is 2.31. The van der Waals surface area contributed by atoms with Crippen LogP contribution in [0.15, 0.2) is 28.1 Å². The summed E-state index contributed by atoms with van der Waals surface area (Å²) in [5.41, 5.74) is 5.91. The molecule has 1 fully saturated rings. The van der Waals surface area contributed by atoms with Crippen molar-refractivity contribution in [2.24, 2.45) is 10.7 Å². The molecule has 9 heteroatoms. The summed E-state index contributed by atoms with van der Waals surface area (Å²) in [5.74, 6) is -0.815. The predicted molar refractivity (Wildman–Crippen MR) is 108 cm³/mol. The van der Waals surface area contributed by atoms with Gasteiger partial charge in [0.2, 0.25) is 0 Å². The Labute approximate surface area is 167 Å². The number of thioether (sulfide) groups is 1. The molecule has 3 rings (SSSR count). The molecule has 28 heavy (non-hydrogen) atoms. The summed E-state index contributed by atoms with van der Waals surface area (Å²) < 4.78 is 19.1. The van der Waals surface area contributed by atoms with Crippen LogP contribution in [0.5, 0.6) is 5.75 Å². The van der Waals surface area contributed by atoms with E-state index >= 15 is 0 Å². The van der Waals surface area contributed by atoms with E-state index in [1.807, 2.05) is 0 Å². The molecule has 2 heterocycles. The van der Waals surface area contributed by atoms with Gasteiger partial charge in [-0.25, -0.2) is 9.18 Å². The maximum absolute atomic E-state index is 13.7. The third-order valence-electron chi connectivity index (χ3n) is 4.35. The molecule has 0 saturated carbocycles. The fraction of sp³-hybridized carbons (Fsp3) is 0.421. The lowest BCUT2D eigenvalue weighted by molar-refractivity contribution is -0.113. The Hall–Kier alpha value is -2.39. The van der Waals surface area contributed by atoms with Crippen LogP contribution < -0.4 is 15.8 Å². The molecule has 1 aromatic rings. The second kappa shape index (κ2) is 9.70. The van der Waals surface area contributed by atoms with Gasteiger partial charge in [-0.1, -0.05) is 0 Å². The smallest absolute Gasteiger partial charge is 0.409 e. The first-order valence-corrected chi connectivity index (χ1v) is 10.1. The number of amidine groups is 1. The average Bonchev–Trinajstić information content (AvgIpc) is 3.31. The van der Waals surface area contributed by atoms with Crippen molar-refractivity contribution >= 4 is 35.0 Å². The van der Waals surface area contributed by atoms with Gasteiger partial charge in [0.05, 0.1) is 4.91 Å². The molecule has 1 saturated heterocycles. The number of halogens is 1. The molecule has 0 unspecified atom stereocenters. The fourth-order valence-electron chi connectivity index (χ4n) is 2.86. The first kappa shape index (κ1) is 20.3. The van der Waals surface area contributed by atoms with Crippen LogP contribution >= 0.6 is 11.8 Å². The standard InChI is InChI=1S/C19H23FN4O3S/c20-14-6-5-13(15(12-14)27-19(26)24-9-3-4-10-24)11-16-17(25)23-18(28-16)22-8-2-1-7-21/h5-6,11-12H,1-4,7-10,21H2,(H,22,23,25)/b16-11-. The summed E-state index contributed by atoms with van der Waals surface area (Å²) in [5, 5.41) is 3.62. The highest BCUT2D eigenvalue weighted by Gasteiger charge is 2.24. The monoisotopic (exact) mass is 406 g/mol. The van der Waals surface area contributed by atoms with Gasteiger partial charge in [0.1, 0.15) is 11.6 Å². The lowest BCUT2D eigenvalue weighted by atomic mass is 10.2. The van der Waals surface area contributed by atoms with Gasteiger partial charge >= 0.3 is 6.09 Å². The molecule has 0 bridgehead atoms. The number of unbranched alkanes of at least 4 members (excludes halogenated alkanes) is 1. The Bertz CT molecular complexity index is 806. The highest BCUT2D eigenvalue weighted by molar-refractivity contribution is 8.18. The van der Waals surface area contributed by atoms with Crippen molar-refractivity contribution in [1.29, 1.82) is 0 Å². The second-order valence-electron chi connectivity index (χ2n) is 6.50. The zero-order valence-electron chi connectivity index (χ0n) is 15.4. The van der Waals surface area contributed by atoms with Gasteiger partial charge in [0, 0.05) is 31.3 Å². The molecule has 2 aliphatic heterocycles. The Morgan fingerprint density at radius 1 is 1.36 bits per heavy atom. The van der Waals surface area contributed by atoms with E-state index in [0.29, 0.717) is 41.8 Å². The number of carbonyl (C=O) groups is 2. The maximum Gasteiger partial charge on any atom is 0.415 e. The van der Waals surface area contributed by atoms with E-state index in [4.69, 9.17) is 10.5 Å². The number of benzene rings is 1. The third-order valence-corrected chi connectivity index (χ3v) is 5.29. The molecule has 1 aromatic carbocycles. The van der Waals surface area contributed by atoms with Crippen LogP contribution in [-0.2, 0) is 4.79 Å². The van der Waals surface area contributed by atoms with Crippen molar-refractivity contribution in [2.75, 3.05) is 26.2 Å². The van der Waals surface area contributed by atoms with E-state index in [1.165, 1.54) is 23.9 Å². The number of nitrogens with zero attached hydrogens (tertiary/aromatic N) is 2. The minimum Gasteiger partial charge on any atom is -0.409 e. The number of hydrogen-bond donors (Lipinski definition) is 2. The normalized spacial score (nSPS) is 17.9. The summed E-state index contributed by atoms with van der Waals surface area (Å²) in [6.07, 6.45) is 4.70. The van der Waals surface area contributed by atoms with Gasteiger partial charge in [0.25, 0.3) is 5.91 Å². The Balaban J connectivity index is 1.69. The van der Waals surface area contributed by atoms with E-state index in [0.717, 1.165) is 31.7 Å². The van der Waals surface area contributed by atoms with Gasteiger partial charge < -0.3 is 20.7 Å². The maximum atomic E-state index is 13.7. The molecular weight excluding hydrogens is 383 g/mol. The second-order valence-corrected chi connectivity index (χ2v) is 7.53. The number of hydrogen-bond acceptors (Lipinski definition) is 6. The summed E-state index contributed by atoms with van der Waals surface area (Å²) in [6, 6.07) is 3.89. The average molecular weight is 406 g/mol. The summed E-state index contributed by atoms with van der Waals surface area (Å²) in [6.45, 7) is 2.56. The number of rotatable bonds is 6. The van der Waals surface area contributed by atoms with Crippen LogP contribution in [0.1, 0.15) is 31.2 Å². The molecular formula is C19H23FN4O3S. The van der Waals surface area contributed by atoms with Crippen molar-refractivity contribution in [3.63, 3.8) is 0 Å². The number of nitrogens with one attached hydrogen (secondary N) is 1. The predicted octanol–water partition coefficient (Wildman–Crippen LogP) is 2.72. The van der Waals surface area contributed by atoms with Crippen LogP contribution in [0.2, 0.25) is 0 Å². The molecule has 0 atom stereocenters. The van der Waals surface area contributed by atoms with Gasteiger partial charge in [-0.2, -0.15) is 4.99 Å². The largest absolute Gasteiger partial charge is 0.415 e. The number of aliphatic imine (C=N–C) groups is 1. The highest BCUT2D eigenvalue weighted by atomic mass is 32.2. The van der Waals surface area contributed by atoms with Crippen molar-refractivity contribution in [3.8, 4) is 5.75 Å². The molecule has 0 aliphatic carbocycles. The summed E-state index contributed by atoms with van der Waals surface area (Å²) >= 11 is 1.20. The molecule has 2 amide bonds. The molecule has 0 radical (unpaired) electrons. The zero-order chi connectivity index (χ0) is 19.9. The van der Waals surface area contributed by atoms with Gasteiger partial charge in [0.15, 0.2) is 5.17 Å². The van der Waals surface area contributed by atoms with Crippen molar-refractivity contribution < 1.29 is 18.7 Å². The SMILES string of the molecule is NCCCCNC1=NC(=O)/C(=C/c2ccc(F)cc2OC(=O)N2CCCC2)S1. The van der Waals surface area contributed by atoms with Gasteiger partial charge in [-0.05, 0) is 62.2 Å². The Kier molecular flexibility index (Phi) is 7.05. The van der Waals surface area contributed by atoms with Crippen LogP contribution in [0.3, 0.4) is 0 Å². The van der Waals surface area contributed by atoms with Crippen molar-refractivity contribution in [3.05, 3.63) is 34.5 Å². The van der Waals surface area contributed by atoms with Crippen LogP contribution in [-0.4, -0.2) is 48.2 Å². The lowest BCUT2D eigenvalue weighted by Crippen LogP contribution is -2.30. The minimum absolute atomic E-state index is 0.0853. The van der Waals surface area contributed by atoms with E-state index in [1.54, 1.807) is 11.0 Å². The van der Waals surface area contributed by atoms with Crippen LogP contribution in [0, 0.1) is 5.82 Å². The summed E-state index contributed by atoms with van der Waals surface area (Å²) in [4.78, 5) is 30.4. The Morgan fingerprint density at radius 2 is 2.14 bits per heavy atom. The van der Waals surface area contributed by atoms with Crippen LogP contribution in [0.25, 0.3) is 6.08 Å². The molecule has 0 aromatic heterocycles. The fourth-order valence-corrected chi connectivity index (χ4v) is 3.69. The number of ether oxygens (including phenoxy) is 1. The molecule has 2 aliphatic rings. The molecule has 3 N–H and O–H groups in total.